The number of hydrogen-bond donors (Lipinski definition) is 1. The standard InChI is InChI=1S/C20H22ClFN6O2/c1-12-10-26(16-9-17(30-2)14(21)8-15(16)22)6-7-27(12)18(11-29)28-20-13(19(23)25-28)4-3-5-24-20/h3-5,8-9,11-12,18H,6-7,10H2,1-2H3,(H2,23,25). The summed E-state index contributed by atoms with van der Waals surface area (Å²) in [6, 6.07) is 6.38. The zero-order chi connectivity index (χ0) is 21.4. The van der Waals surface area contributed by atoms with Crippen molar-refractivity contribution >= 4 is 40.4 Å². The van der Waals surface area contributed by atoms with E-state index in [0.717, 1.165) is 6.29 Å². The van der Waals surface area contributed by atoms with Gasteiger partial charge in [0, 0.05) is 37.9 Å². The van der Waals surface area contributed by atoms with E-state index in [1.165, 1.54) is 13.2 Å². The van der Waals surface area contributed by atoms with Crippen LogP contribution in [0.15, 0.2) is 30.5 Å². The number of nitrogens with two attached hydrogens (primary N) is 1. The molecule has 10 heteroatoms. The van der Waals surface area contributed by atoms with Crippen molar-refractivity contribution in [3.8, 4) is 5.75 Å². The maximum Gasteiger partial charge on any atom is 0.163 e. The number of methoxy groups -OCH3 is 1. The van der Waals surface area contributed by atoms with Gasteiger partial charge >= 0.3 is 0 Å². The third kappa shape index (κ3) is 3.44. The highest BCUT2D eigenvalue weighted by Crippen LogP contribution is 2.34. The lowest BCUT2D eigenvalue weighted by atomic mass is 10.1. The smallest absolute Gasteiger partial charge is 0.163 e. The van der Waals surface area contributed by atoms with Crippen LogP contribution in [0, 0.1) is 5.82 Å². The molecule has 1 aromatic carbocycles. The van der Waals surface area contributed by atoms with Crippen molar-refractivity contribution in [1.82, 2.24) is 19.7 Å². The third-order valence-electron chi connectivity index (χ3n) is 5.45. The zero-order valence-electron chi connectivity index (χ0n) is 16.6. The van der Waals surface area contributed by atoms with Gasteiger partial charge in [0.15, 0.2) is 23.9 Å². The highest BCUT2D eigenvalue weighted by atomic mass is 35.5. The zero-order valence-corrected chi connectivity index (χ0v) is 17.4. The van der Waals surface area contributed by atoms with Crippen molar-refractivity contribution in [1.29, 1.82) is 0 Å². The summed E-state index contributed by atoms with van der Waals surface area (Å²) in [6.45, 7) is 3.52. The van der Waals surface area contributed by atoms with Gasteiger partial charge in [0.1, 0.15) is 11.6 Å². The normalized spacial score (nSPS) is 18.5. The third-order valence-corrected chi connectivity index (χ3v) is 5.74. The van der Waals surface area contributed by atoms with Gasteiger partial charge in [-0.05, 0) is 25.1 Å². The molecule has 8 nitrogen and oxygen atoms in total. The predicted octanol–water partition coefficient (Wildman–Crippen LogP) is 2.72. The largest absolute Gasteiger partial charge is 0.495 e. The first-order valence-electron chi connectivity index (χ1n) is 9.52. The molecule has 0 amide bonds. The van der Waals surface area contributed by atoms with Crippen molar-refractivity contribution < 1.29 is 13.9 Å². The quantitative estimate of drug-likeness (QED) is 0.620. The number of carbonyl (C=O) groups excluding carboxylic acids is 1. The number of carbonyl (C=O) groups is 1. The molecule has 1 fully saturated rings. The molecule has 158 valence electrons. The number of nitrogen functional groups attached to an aromatic ring is 1. The van der Waals surface area contributed by atoms with Gasteiger partial charge in [0.2, 0.25) is 0 Å². The molecule has 30 heavy (non-hydrogen) atoms. The van der Waals surface area contributed by atoms with E-state index >= 15 is 0 Å². The topological polar surface area (TPSA) is 89.5 Å². The van der Waals surface area contributed by atoms with Crippen LogP contribution in [0.2, 0.25) is 5.02 Å². The Morgan fingerprint density at radius 3 is 2.90 bits per heavy atom. The Kier molecular flexibility index (Phi) is 5.48. The van der Waals surface area contributed by atoms with Crippen molar-refractivity contribution in [3.63, 3.8) is 0 Å². The molecule has 2 unspecified atom stereocenters. The summed E-state index contributed by atoms with van der Waals surface area (Å²) in [5, 5.41) is 5.27. The highest BCUT2D eigenvalue weighted by Gasteiger charge is 2.33. The second-order valence-corrected chi connectivity index (χ2v) is 7.63. The molecule has 0 radical (unpaired) electrons. The Morgan fingerprint density at radius 1 is 1.40 bits per heavy atom. The average molecular weight is 433 g/mol. The fourth-order valence-electron chi connectivity index (χ4n) is 3.96. The number of aromatic nitrogens is 3. The van der Waals surface area contributed by atoms with E-state index in [0.29, 0.717) is 47.9 Å². The number of fused-ring (bicyclic) bond motifs is 1. The minimum Gasteiger partial charge on any atom is -0.495 e. The van der Waals surface area contributed by atoms with E-state index in [1.54, 1.807) is 23.0 Å². The van der Waals surface area contributed by atoms with Gasteiger partial charge in [-0.3, -0.25) is 9.69 Å². The molecule has 0 spiro atoms. The first-order valence-corrected chi connectivity index (χ1v) is 9.90. The number of piperazine rings is 1. The average Bonchev–Trinajstić information content (AvgIpc) is 3.07. The Hall–Kier alpha value is -2.91. The number of anilines is 2. The molecule has 1 saturated heterocycles. The van der Waals surface area contributed by atoms with Gasteiger partial charge in [0.25, 0.3) is 0 Å². The Bertz CT molecular complexity index is 1090. The van der Waals surface area contributed by atoms with Crippen LogP contribution in [0.3, 0.4) is 0 Å². The molecule has 0 saturated carbocycles. The summed E-state index contributed by atoms with van der Waals surface area (Å²) in [7, 11) is 1.49. The monoisotopic (exact) mass is 432 g/mol. The van der Waals surface area contributed by atoms with E-state index in [4.69, 9.17) is 22.1 Å². The molecule has 2 aromatic heterocycles. The van der Waals surface area contributed by atoms with Gasteiger partial charge in [-0.2, -0.15) is 5.10 Å². The highest BCUT2D eigenvalue weighted by molar-refractivity contribution is 6.32. The van der Waals surface area contributed by atoms with E-state index in [9.17, 15) is 9.18 Å². The Labute approximate surface area is 178 Å². The fourth-order valence-corrected chi connectivity index (χ4v) is 4.19. The Morgan fingerprint density at radius 2 is 2.20 bits per heavy atom. The molecule has 2 atom stereocenters. The molecule has 0 bridgehead atoms. The van der Waals surface area contributed by atoms with Crippen LogP contribution in [0.25, 0.3) is 11.0 Å². The van der Waals surface area contributed by atoms with Crippen molar-refractivity contribution in [2.45, 2.75) is 19.1 Å². The first-order chi connectivity index (χ1) is 14.4. The van der Waals surface area contributed by atoms with Crippen LogP contribution in [-0.2, 0) is 4.79 Å². The SMILES string of the molecule is COc1cc(N2CCN(C(C=O)n3nc(N)c4cccnc43)C(C)C2)c(F)cc1Cl. The summed E-state index contributed by atoms with van der Waals surface area (Å²) < 4.78 is 21.3. The van der Waals surface area contributed by atoms with Crippen LogP contribution in [0.4, 0.5) is 15.9 Å². The van der Waals surface area contributed by atoms with Crippen LogP contribution in [0.1, 0.15) is 13.1 Å². The van der Waals surface area contributed by atoms with Gasteiger partial charge in [-0.25, -0.2) is 14.1 Å². The number of benzene rings is 1. The van der Waals surface area contributed by atoms with Gasteiger partial charge < -0.3 is 15.4 Å². The summed E-state index contributed by atoms with van der Waals surface area (Å²) in [5.74, 6) is 0.327. The van der Waals surface area contributed by atoms with Crippen LogP contribution in [0.5, 0.6) is 5.75 Å². The second kappa shape index (κ2) is 8.08. The van der Waals surface area contributed by atoms with E-state index in [1.807, 2.05) is 22.8 Å². The summed E-state index contributed by atoms with van der Waals surface area (Å²) in [4.78, 5) is 20.3. The second-order valence-electron chi connectivity index (χ2n) is 7.23. The molecular formula is C20H22ClFN6O2. The molecule has 1 aliphatic heterocycles. The predicted molar refractivity (Wildman–Crippen MR) is 113 cm³/mol. The maximum atomic E-state index is 14.6. The molecule has 2 N–H and O–H groups in total. The molecule has 3 aromatic rings. The van der Waals surface area contributed by atoms with E-state index in [2.05, 4.69) is 10.1 Å². The van der Waals surface area contributed by atoms with Crippen LogP contribution in [-0.4, -0.2) is 58.7 Å². The molecule has 4 rings (SSSR count). The summed E-state index contributed by atoms with van der Waals surface area (Å²) >= 11 is 6.01. The lowest BCUT2D eigenvalue weighted by Crippen LogP contribution is -2.54. The lowest BCUT2D eigenvalue weighted by molar-refractivity contribution is -0.117. The van der Waals surface area contributed by atoms with Crippen molar-refractivity contribution in [3.05, 3.63) is 41.3 Å². The molecule has 3 heterocycles. The van der Waals surface area contributed by atoms with Crippen LogP contribution >= 0.6 is 11.6 Å². The van der Waals surface area contributed by atoms with Gasteiger partial charge in [0.05, 0.1) is 23.2 Å². The summed E-state index contributed by atoms with van der Waals surface area (Å²) in [5.41, 5.74) is 6.98. The molecular weight excluding hydrogens is 411 g/mol. The van der Waals surface area contributed by atoms with E-state index in [-0.39, 0.29) is 11.1 Å². The van der Waals surface area contributed by atoms with Gasteiger partial charge in [-0.15, -0.1) is 0 Å². The minimum atomic E-state index is -0.665. The van der Waals surface area contributed by atoms with Crippen molar-refractivity contribution in [2.24, 2.45) is 0 Å². The molecule has 0 aliphatic carbocycles. The molecule has 1 aliphatic rings. The number of halogens is 2. The number of nitrogens with zero attached hydrogens (tertiary/aromatic N) is 5. The lowest BCUT2D eigenvalue weighted by Gasteiger charge is -2.43. The summed E-state index contributed by atoms with van der Waals surface area (Å²) in [6.07, 6.45) is 1.81. The fraction of sp³-hybridized carbons (Fsp3) is 0.350. The van der Waals surface area contributed by atoms with Crippen molar-refractivity contribution in [2.75, 3.05) is 37.4 Å². The maximum absolute atomic E-state index is 14.6. The van der Waals surface area contributed by atoms with E-state index < -0.39 is 12.0 Å². The van der Waals surface area contributed by atoms with Crippen LogP contribution < -0.4 is 15.4 Å². The Balaban J connectivity index is 1.60. The minimum absolute atomic E-state index is 0.0702. The van der Waals surface area contributed by atoms with Gasteiger partial charge in [-0.1, -0.05) is 11.6 Å². The number of rotatable bonds is 5. The number of ether oxygens (including phenoxy) is 1. The first kappa shape index (κ1) is 20.4. The number of hydrogen-bond acceptors (Lipinski definition) is 7. The number of pyridine rings is 1. The number of aldehydes is 1.